The molecule has 0 aliphatic carbocycles. The zero-order valence-electron chi connectivity index (χ0n) is 5.65. The molecule has 1 aromatic rings. The summed E-state index contributed by atoms with van der Waals surface area (Å²) in [6, 6.07) is 6.15. The van der Waals surface area contributed by atoms with E-state index in [2.05, 4.69) is 0 Å². The first kappa shape index (κ1) is 10.0. The van der Waals surface area contributed by atoms with E-state index in [4.69, 9.17) is 10.8 Å². The van der Waals surface area contributed by atoms with Crippen LogP contribution >= 0.6 is 0 Å². The monoisotopic (exact) mass is 189 g/mol. The first-order valence-electron chi connectivity index (χ1n) is 2.79. The third-order valence-electron chi connectivity index (χ3n) is 1.17. The Bertz CT molecular complexity index is 262. The Labute approximate surface area is 75.0 Å². The van der Waals surface area contributed by atoms with Crippen LogP contribution < -0.4 is 5.73 Å². The fraction of sp³-hybridized carbons (Fsp3) is 0. The summed E-state index contributed by atoms with van der Waals surface area (Å²) in [7, 11) is 0. The van der Waals surface area contributed by atoms with Crippen molar-refractivity contribution in [2.75, 3.05) is 0 Å². The van der Waals surface area contributed by atoms with E-state index in [0.29, 0.717) is 0 Å². The summed E-state index contributed by atoms with van der Waals surface area (Å²) in [4.78, 5) is 10.5. The zero-order chi connectivity index (χ0) is 7.56. The van der Waals surface area contributed by atoms with E-state index in [-0.39, 0.29) is 28.7 Å². The third-order valence-corrected chi connectivity index (χ3v) is 1.17. The maximum atomic E-state index is 10.5. The molecule has 11 heavy (non-hydrogen) atoms. The Hall–Kier alpha value is -0.978. The van der Waals surface area contributed by atoms with Gasteiger partial charge in [0.2, 0.25) is 0 Å². The van der Waals surface area contributed by atoms with Gasteiger partial charge in [-0.2, -0.15) is 0 Å². The van der Waals surface area contributed by atoms with E-state index in [0.717, 1.165) is 0 Å². The molecule has 3 N–H and O–H groups in total. The van der Waals surface area contributed by atoms with Crippen molar-refractivity contribution in [2.24, 2.45) is 5.73 Å². The summed E-state index contributed by atoms with van der Waals surface area (Å²) in [6.45, 7) is 0. The minimum atomic E-state index is -0.613. The van der Waals surface area contributed by atoms with Gasteiger partial charge >= 0.3 is 17.4 Å². The number of hydrogen-bond donors (Lipinski definition) is 2. The fourth-order valence-corrected chi connectivity index (χ4v) is 0.682. The fourth-order valence-electron chi connectivity index (χ4n) is 0.682. The molecule has 55 valence electrons. The van der Waals surface area contributed by atoms with Crippen LogP contribution in [0.1, 0.15) is 10.4 Å². The Balaban J connectivity index is 0.000001000. The number of benzene rings is 1. The topological polar surface area (TPSA) is 63.3 Å². The van der Waals surface area contributed by atoms with Crippen LogP contribution in [0.4, 0.5) is 0 Å². The van der Waals surface area contributed by atoms with Gasteiger partial charge in [-0.3, -0.25) is 4.79 Å². The minimum absolute atomic E-state index is 0. The van der Waals surface area contributed by atoms with Gasteiger partial charge in [-0.15, -0.1) is 0 Å². The van der Waals surface area contributed by atoms with Crippen molar-refractivity contribution in [3.05, 3.63) is 29.8 Å². The third kappa shape index (κ3) is 2.26. The van der Waals surface area contributed by atoms with Gasteiger partial charge in [-0.25, -0.2) is 0 Å². The van der Waals surface area contributed by atoms with E-state index in [1.807, 2.05) is 0 Å². The van der Waals surface area contributed by atoms with Crippen LogP contribution in [0.15, 0.2) is 24.3 Å². The maximum Gasteiger partial charge on any atom is 3.00 e. The van der Waals surface area contributed by atoms with Crippen LogP contribution in [-0.2, 0) is 17.4 Å². The Morgan fingerprint density at radius 1 is 1.36 bits per heavy atom. The second kappa shape index (κ2) is 4.02. The molecule has 0 heterocycles. The number of para-hydroxylation sites is 1. The number of aromatic hydroxyl groups is 1. The molecule has 0 aliphatic rings. The van der Waals surface area contributed by atoms with Crippen LogP contribution in [0.3, 0.4) is 0 Å². The molecule has 3 nitrogen and oxygen atoms in total. The molecule has 1 aromatic carbocycles. The molecule has 4 heteroatoms. The van der Waals surface area contributed by atoms with Gasteiger partial charge in [0.15, 0.2) is 0 Å². The summed E-state index contributed by atoms with van der Waals surface area (Å²) >= 11 is 0. The molecule has 0 aromatic heterocycles. The number of carbonyl (C=O) groups excluding carboxylic acids is 1. The summed E-state index contributed by atoms with van der Waals surface area (Å²) in [5.41, 5.74) is 5.07. The van der Waals surface area contributed by atoms with Gasteiger partial charge < -0.3 is 10.8 Å². The molecule has 1 radical (unpaired) electrons. The molecular weight excluding hydrogens is 182 g/mol. The van der Waals surface area contributed by atoms with E-state index < -0.39 is 5.91 Å². The van der Waals surface area contributed by atoms with Crippen molar-refractivity contribution in [3.8, 4) is 5.75 Å². The van der Waals surface area contributed by atoms with E-state index in [1.54, 1.807) is 12.1 Å². The van der Waals surface area contributed by atoms with Crippen LogP contribution in [0.5, 0.6) is 5.75 Å². The largest absolute Gasteiger partial charge is 3.00 e. The van der Waals surface area contributed by atoms with E-state index >= 15 is 0 Å². The smallest absolute Gasteiger partial charge is 0.507 e. The quantitative estimate of drug-likeness (QED) is 0.675. The molecule has 0 fully saturated rings. The zero-order valence-corrected chi connectivity index (χ0v) is 6.93. The van der Waals surface area contributed by atoms with Crippen molar-refractivity contribution in [1.29, 1.82) is 0 Å². The molecule has 1 amide bonds. The number of phenols is 1. The van der Waals surface area contributed by atoms with Crippen LogP contribution in [-0.4, -0.2) is 11.0 Å². The molecule has 0 atom stereocenters. The summed E-state index contributed by atoms with van der Waals surface area (Å²) < 4.78 is 0. The molecule has 0 spiro atoms. The Kier molecular flexibility index (Phi) is 3.66. The average Bonchev–Trinajstić information content (AvgIpc) is 1.88. The standard InChI is InChI=1S/C7H7NO2.Cr/c8-7(10)5-3-1-2-4-6(5)9;/h1-4,9H,(H2,8,10);/q;+3. The number of carbonyl (C=O) groups is 1. The predicted molar refractivity (Wildman–Crippen MR) is 36.6 cm³/mol. The summed E-state index contributed by atoms with van der Waals surface area (Å²) in [5.74, 6) is -0.687. The minimum Gasteiger partial charge on any atom is -0.507 e. The van der Waals surface area contributed by atoms with Crippen molar-refractivity contribution in [1.82, 2.24) is 0 Å². The number of amides is 1. The second-order valence-electron chi connectivity index (χ2n) is 1.88. The van der Waals surface area contributed by atoms with Crippen molar-refractivity contribution in [2.45, 2.75) is 0 Å². The summed E-state index contributed by atoms with van der Waals surface area (Å²) in [6.07, 6.45) is 0. The number of primary amides is 1. The number of rotatable bonds is 1. The maximum absolute atomic E-state index is 10.5. The number of nitrogens with two attached hydrogens (primary N) is 1. The first-order chi connectivity index (χ1) is 4.72. The van der Waals surface area contributed by atoms with Gasteiger partial charge in [-0.05, 0) is 12.1 Å². The van der Waals surface area contributed by atoms with Crippen molar-refractivity contribution < 1.29 is 27.3 Å². The molecular formula is C7H7CrNO2+3. The van der Waals surface area contributed by atoms with E-state index in [9.17, 15) is 4.79 Å². The van der Waals surface area contributed by atoms with Gasteiger partial charge in [0.25, 0.3) is 5.91 Å². The molecule has 0 saturated heterocycles. The van der Waals surface area contributed by atoms with Gasteiger partial charge in [0.1, 0.15) is 5.75 Å². The Morgan fingerprint density at radius 3 is 2.27 bits per heavy atom. The van der Waals surface area contributed by atoms with Crippen LogP contribution in [0.25, 0.3) is 0 Å². The molecule has 0 bridgehead atoms. The van der Waals surface area contributed by atoms with E-state index in [1.165, 1.54) is 12.1 Å². The van der Waals surface area contributed by atoms with Crippen LogP contribution in [0.2, 0.25) is 0 Å². The predicted octanol–water partition coefficient (Wildman–Crippen LogP) is 0.489. The van der Waals surface area contributed by atoms with Crippen molar-refractivity contribution in [3.63, 3.8) is 0 Å². The second-order valence-corrected chi connectivity index (χ2v) is 1.88. The van der Waals surface area contributed by atoms with Gasteiger partial charge in [0.05, 0.1) is 5.56 Å². The molecule has 0 unspecified atom stereocenters. The summed E-state index contributed by atoms with van der Waals surface area (Å²) in [5, 5.41) is 8.98. The first-order valence-corrected chi connectivity index (χ1v) is 2.79. The average molecular weight is 189 g/mol. The SMILES string of the molecule is NC(=O)c1ccccc1O.[Cr+3]. The molecule has 0 saturated carbocycles. The molecule has 0 aliphatic heterocycles. The van der Waals surface area contributed by atoms with Crippen LogP contribution in [0, 0.1) is 0 Å². The van der Waals surface area contributed by atoms with Crippen molar-refractivity contribution >= 4 is 5.91 Å². The van der Waals surface area contributed by atoms with Gasteiger partial charge in [0, 0.05) is 0 Å². The number of hydrogen-bond acceptors (Lipinski definition) is 2. The molecule has 1 rings (SSSR count). The normalized spacial score (nSPS) is 8.36. The van der Waals surface area contributed by atoms with Gasteiger partial charge in [-0.1, -0.05) is 12.1 Å². The Morgan fingerprint density at radius 2 is 1.91 bits per heavy atom.